The zero-order valence-electron chi connectivity index (χ0n) is 13.0. The second-order valence-electron chi connectivity index (χ2n) is 5.45. The number of anilines is 1. The molecular weight excluding hydrogens is 342 g/mol. The summed E-state index contributed by atoms with van der Waals surface area (Å²) in [4.78, 5) is 10.3. The van der Waals surface area contributed by atoms with E-state index in [2.05, 4.69) is 4.72 Å². The van der Waals surface area contributed by atoms with Gasteiger partial charge in [0.15, 0.2) is 0 Å². The number of nitrogens with zero attached hydrogens (tertiary/aromatic N) is 1. The van der Waals surface area contributed by atoms with E-state index in [9.17, 15) is 18.5 Å². The van der Waals surface area contributed by atoms with E-state index >= 15 is 0 Å². The molecule has 0 fully saturated rings. The lowest BCUT2D eigenvalue weighted by Gasteiger charge is -2.10. The Morgan fingerprint density at radius 1 is 0.960 bits per heavy atom. The van der Waals surface area contributed by atoms with Crippen LogP contribution in [0.1, 0.15) is 5.56 Å². The molecule has 0 saturated heterocycles. The van der Waals surface area contributed by atoms with E-state index in [1.807, 2.05) is 0 Å². The van der Waals surface area contributed by atoms with Crippen molar-refractivity contribution in [3.63, 3.8) is 0 Å². The molecule has 0 spiro atoms. The summed E-state index contributed by atoms with van der Waals surface area (Å²) in [5.74, 6) is 0. The summed E-state index contributed by atoms with van der Waals surface area (Å²) in [6.45, 7) is 0.0268. The van der Waals surface area contributed by atoms with Crippen molar-refractivity contribution in [2.24, 2.45) is 0 Å². The van der Waals surface area contributed by atoms with Gasteiger partial charge in [-0.15, -0.1) is 0 Å². The predicted molar refractivity (Wildman–Crippen MR) is 95.5 cm³/mol. The van der Waals surface area contributed by atoms with Gasteiger partial charge in [-0.25, -0.2) is 13.1 Å². The number of sulfonamides is 1. The Kier molecular flexibility index (Phi) is 4.39. The van der Waals surface area contributed by atoms with E-state index < -0.39 is 14.9 Å². The summed E-state index contributed by atoms with van der Waals surface area (Å²) in [5.41, 5.74) is 6.98. The molecule has 128 valence electrons. The topological polar surface area (TPSA) is 115 Å². The largest absolute Gasteiger partial charge is 0.398 e. The van der Waals surface area contributed by atoms with E-state index in [-0.39, 0.29) is 17.1 Å². The summed E-state index contributed by atoms with van der Waals surface area (Å²) >= 11 is 0. The molecule has 0 saturated carbocycles. The number of rotatable bonds is 5. The molecule has 0 atom stereocenters. The van der Waals surface area contributed by atoms with Crippen LogP contribution in [0.4, 0.5) is 11.4 Å². The molecule has 25 heavy (non-hydrogen) atoms. The van der Waals surface area contributed by atoms with Crippen molar-refractivity contribution in [2.75, 3.05) is 5.73 Å². The minimum atomic E-state index is -3.77. The lowest BCUT2D eigenvalue weighted by molar-refractivity contribution is -0.384. The molecule has 0 heterocycles. The lowest BCUT2D eigenvalue weighted by Crippen LogP contribution is -2.23. The first-order chi connectivity index (χ1) is 11.9. The zero-order chi connectivity index (χ0) is 18.0. The second-order valence-corrected chi connectivity index (χ2v) is 7.18. The standard InChI is InChI=1S/C17H15N3O4S/c18-16-5-1-4-15-14(16)3-2-6-17(15)25(23,24)19-11-12-7-9-13(10-8-12)20(21)22/h1-10,19H,11,18H2. The van der Waals surface area contributed by atoms with Gasteiger partial charge in [0.05, 0.1) is 9.82 Å². The molecule has 3 aromatic carbocycles. The SMILES string of the molecule is Nc1cccc2c(S(=O)(=O)NCc3ccc([N+](=O)[O-])cc3)cccc12. The second kappa shape index (κ2) is 6.50. The van der Waals surface area contributed by atoms with E-state index in [4.69, 9.17) is 5.73 Å². The van der Waals surface area contributed by atoms with E-state index in [0.717, 1.165) is 0 Å². The average molecular weight is 357 g/mol. The smallest absolute Gasteiger partial charge is 0.269 e. The van der Waals surface area contributed by atoms with Crippen LogP contribution in [0.25, 0.3) is 10.8 Å². The maximum atomic E-state index is 12.6. The summed E-state index contributed by atoms with van der Waals surface area (Å²) < 4.78 is 27.8. The summed E-state index contributed by atoms with van der Waals surface area (Å²) in [6, 6.07) is 15.7. The van der Waals surface area contributed by atoms with Gasteiger partial charge in [-0.3, -0.25) is 10.1 Å². The van der Waals surface area contributed by atoms with Crippen LogP contribution >= 0.6 is 0 Å². The van der Waals surface area contributed by atoms with Gasteiger partial charge in [-0.05, 0) is 17.7 Å². The van der Waals surface area contributed by atoms with E-state index in [1.54, 1.807) is 30.3 Å². The Labute approximate surface area is 144 Å². The molecule has 7 nitrogen and oxygen atoms in total. The fraction of sp³-hybridized carbons (Fsp3) is 0.0588. The molecule has 3 rings (SSSR count). The highest BCUT2D eigenvalue weighted by Gasteiger charge is 2.17. The number of nitro groups is 1. The van der Waals surface area contributed by atoms with Crippen LogP contribution in [0.5, 0.6) is 0 Å². The van der Waals surface area contributed by atoms with Crippen LogP contribution in [-0.2, 0) is 16.6 Å². The fourth-order valence-corrected chi connectivity index (χ4v) is 3.77. The molecule has 0 bridgehead atoms. The highest BCUT2D eigenvalue weighted by atomic mass is 32.2. The molecule has 3 N–H and O–H groups in total. The van der Waals surface area contributed by atoms with Crippen LogP contribution in [0, 0.1) is 10.1 Å². The average Bonchev–Trinajstić information content (AvgIpc) is 2.60. The number of non-ortho nitro benzene ring substituents is 1. The van der Waals surface area contributed by atoms with Gasteiger partial charge in [-0.1, -0.05) is 36.4 Å². The number of nitrogens with one attached hydrogen (secondary N) is 1. The van der Waals surface area contributed by atoms with Crippen molar-refractivity contribution in [1.29, 1.82) is 0 Å². The third-order valence-corrected chi connectivity index (χ3v) is 5.28. The molecule has 0 aliphatic rings. The highest BCUT2D eigenvalue weighted by Crippen LogP contribution is 2.27. The Morgan fingerprint density at radius 3 is 2.28 bits per heavy atom. The minimum absolute atomic E-state index is 0.0268. The number of hydrogen-bond donors (Lipinski definition) is 2. The van der Waals surface area contributed by atoms with Gasteiger partial charge >= 0.3 is 0 Å². The molecule has 0 amide bonds. The summed E-state index contributed by atoms with van der Waals surface area (Å²) in [7, 11) is -3.77. The molecule has 0 aromatic heterocycles. The quantitative estimate of drug-likeness (QED) is 0.414. The number of nitro benzene ring substituents is 1. The molecule has 3 aromatic rings. The number of fused-ring (bicyclic) bond motifs is 1. The normalized spacial score (nSPS) is 11.5. The van der Waals surface area contributed by atoms with Gasteiger partial charge in [0, 0.05) is 35.1 Å². The zero-order valence-corrected chi connectivity index (χ0v) is 13.9. The number of nitrogens with two attached hydrogens (primary N) is 1. The van der Waals surface area contributed by atoms with Crippen molar-refractivity contribution in [3.05, 3.63) is 76.3 Å². The first-order valence-corrected chi connectivity index (χ1v) is 8.87. The van der Waals surface area contributed by atoms with Crippen LogP contribution in [-0.4, -0.2) is 13.3 Å². The minimum Gasteiger partial charge on any atom is -0.398 e. The molecule has 8 heteroatoms. The van der Waals surface area contributed by atoms with Crippen LogP contribution < -0.4 is 10.5 Å². The number of hydrogen-bond acceptors (Lipinski definition) is 5. The molecule has 0 aliphatic carbocycles. The van der Waals surface area contributed by atoms with Crippen molar-refractivity contribution in [1.82, 2.24) is 4.72 Å². The predicted octanol–water partition coefficient (Wildman–Crippen LogP) is 2.81. The summed E-state index contributed by atoms with van der Waals surface area (Å²) in [5, 5.41) is 11.9. The monoisotopic (exact) mass is 357 g/mol. The Balaban J connectivity index is 1.88. The van der Waals surface area contributed by atoms with E-state index in [1.165, 1.54) is 30.3 Å². The van der Waals surface area contributed by atoms with Crippen molar-refractivity contribution in [2.45, 2.75) is 11.4 Å². The lowest BCUT2D eigenvalue weighted by atomic mass is 10.1. The molecule has 0 radical (unpaired) electrons. The Morgan fingerprint density at radius 2 is 1.60 bits per heavy atom. The Hall–Kier alpha value is -2.97. The van der Waals surface area contributed by atoms with Crippen LogP contribution in [0.15, 0.2) is 65.6 Å². The molecule has 0 unspecified atom stereocenters. The third kappa shape index (κ3) is 3.44. The van der Waals surface area contributed by atoms with Gasteiger partial charge in [0.25, 0.3) is 5.69 Å². The highest BCUT2D eigenvalue weighted by molar-refractivity contribution is 7.89. The van der Waals surface area contributed by atoms with Crippen LogP contribution in [0.3, 0.4) is 0 Å². The maximum absolute atomic E-state index is 12.6. The van der Waals surface area contributed by atoms with Gasteiger partial charge in [0.1, 0.15) is 0 Å². The van der Waals surface area contributed by atoms with E-state index in [0.29, 0.717) is 22.0 Å². The van der Waals surface area contributed by atoms with Gasteiger partial charge in [0.2, 0.25) is 10.0 Å². The first-order valence-electron chi connectivity index (χ1n) is 7.39. The number of nitrogen functional groups attached to an aromatic ring is 1. The Bertz CT molecular complexity index is 1050. The van der Waals surface area contributed by atoms with Gasteiger partial charge in [-0.2, -0.15) is 0 Å². The third-order valence-electron chi connectivity index (χ3n) is 3.82. The van der Waals surface area contributed by atoms with Crippen molar-refractivity contribution >= 4 is 32.2 Å². The van der Waals surface area contributed by atoms with Crippen molar-refractivity contribution < 1.29 is 13.3 Å². The van der Waals surface area contributed by atoms with Crippen LogP contribution in [0.2, 0.25) is 0 Å². The fourth-order valence-electron chi connectivity index (χ4n) is 2.53. The first kappa shape index (κ1) is 16.9. The molecular formula is C17H15N3O4S. The molecule has 0 aliphatic heterocycles. The number of benzene rings is 3. The maximum Gasteiger partial charge on any atom is 0.269 e. The van der Waals surface area contributed by atoms with Crippen molar-refractivity contribution in [3.8, 4) is 0 Å². The summed E-state index contributed by atoms with van der Waals surface area (Å²) in [6.07, 6.45) is 0. The van der Waals surface area contributed by atoms with Gasteiger partial charge < -0.3 is 5.73 Å².